The standard InChI is InChI=1S/C19H22FN3O4/c1-4-22(13(2)3)16-8-6-15(7-9-16)21-19(24)12-27-18-11-14(20)5-10-17(18)23(25)26/h5-11,13H,4,12H2,1-3H3,(H,21,24). The smallest absolute Gasteiger partial charge is 0.311 e. The second-order valence-corrected chi connectivity index (χ2v) is 6.13. The van der Waals surface area contributed by atoms with E-state index in [0.29, 0.717) is 11.7 Å². The van der Waals surface area contributed by atoms with Crippen molar-refractivity contribution in [3.05, 3.63) is 58.4 Å². The molecular weight excluding hydrogens is 353 g/mol. The van der Waals surface area contributed by atoms with Crippen molar-refractivity contribution in [1.29, 1.82) is 0 Å². The Labute approximate surface area is 156 Å². The number of rotatable bonds is 8. The minimum atomic E-state index is -0.695. The number of nitro groups is 1. The van der Waals surface area contributed by atoms with Gasteiger partial charge in [-0.05, 0) is 51.1 Å². The summed E-state index contributed by atoms with van der Waals surface area (Å²) < 4.78 is 18.4. The van der Waals surface area contributed by atoms with Gasteiger partial charge in [0.25, 0.3) is 5.91 Å². The Bertz CT molecular complexity index is 809. The van der Waals surface area contributed by atoms with Crippen molar-refractivity contribution in [3.8, 4) is 5.75 Å². The highest BCUT2D eigenvalue weighted by molar-refractivity contribution is 5.92. The average molecular weight is 375 g/mol. The molecule has 1 amide bonds. The second-order valence-electron chi connectivity index (χ2n) is 6.13. The summed E-state index contributed by atoms with van der Waals surface area (Å²) in [4.78, 5) is 24.5. The van der Waals surface area contributed by atoms with Gasteiger partial charge in [-0.1, -0.05) is 0 Å². The summed E-state index contributed by atoms with van der Waals surface area (Å²) in [6.07, 6.45) is 0. The number of benzene rings is 2. The number of hydrogen-bond acceptors (Lipinski definition) is 5. The Balaban J connectivity index is 1.99. The molecule has 7 nitrogen and oxygen atoms in total. The van der Waals surface area contributed by atoms with Crippen LogP contribution < -0.4 is 15.0 Å². The quantitative estimate of drug-likeness (QED) is 0.557. The van der Waals surface area contributed by atoms with E-state index in [9.17, 15) is 19.3 Å². The largest absolute Gasteiger partial charge is 0.477 e. The first-order valence-electron chi connectivity index (χ1n) is 8.55. The molecule has 8 heteroatoms. The van der Waals surface area contributed by atoms with Crippen LogP contribution in [0.4, 0.5) is 21.5 Å². The van der Waals surface area contributed by atoms with Crippen LogP contribution in [-0.4, -0.2) is 30.0 Å². The third kappa shape index (κ3) is 5.40. The van der Waals surface area contributed by atoms with Crippen molar-refractivity contribution >= 4 is 23.0 Å². The average Bonchev–Trinajstić information content (AvgIpc) is 2.61. The fourth-order valence-corrected chi connectivity index (χ4v) is 2.68. The molecule has 0 spiro atoms. The maximum atomic E-state index is 13.3. The summed E-state index contributed by atoms with van der Waals surface area (Å²) in [6.45, 7) is 6.66. The van der Waals surface area contributed by atoms with Crippen LogP contribution in [0.1, 0.15) is 20.8 Å². The number of nitro benzene ring substituents is 1. The molecule has 2 aromatic carbocycles. The molecule has 1 N–H and O–H groups in total. The SMILES string of the molecule is CCN(c1ccc(NC(=O)COc2cc(F)ccc2[N+](=O)[O-])cc1)C(C)C. The monoisotopic (exact) mass is 375 g/mol. The van der Waals surface area contributed by atoms with E-state index < -0.39 is 28.9 Å². The van der Waals surface area contributed by atoms with E-state index >= 15 is 0 Å². The molecule has 0 atom stereocenters. The maximum Gasteiger partial charge on any atom is 0.311 e. The number of amides is 1. The van der Waals surface area contributed by atoms with Gasteiger partial charge in [0.05, 0.1) is 4.92 Å². The third-order valence-electron chi connectivity index (χ3n) is 3.92. The van der Waals surface area contributed by atoms with E-state index in [2.05, 4.69) is 31.0 Å². The molecule has 0 saturated heterocycles. The first kappa shape index (κ1) is 20.2. The summed E-state index contributed by atoms with van der Waals surface area (Å²) in [6, 6.07) is 10.5. The first-order valence-corrected chi connectivity index (χ1v) is 8.55. The van der Waals surface area contributed by atoms with E-state index in [0.717, 1.165) is 30.4 Å². The Morgan fingerprint density at radius 1 is 1.26 bits per heavy atom. The molecule has 0 aromatic heterocycles. The van der Waals surface area contributed by atoms with E-state index in [4.69, 9.17) is 4.74 Å². The van der Waals surface area contributed by atoms with E-state index in [-0.39, 0.29) is 5.75 Å². The van der Waals surface area contributed by atoms with Crippen LogP contribution in [0, 0.1) is 15.9 Å². The van der Waals surface area contributed by atoms with E-state index in [1.165, 1.54) is 0 Å². The molecule has 0 saturated carbocycles. The molecule has 27 heavy (non-hydrogen) atoms. The van der Waals surface area contributed by atoms with Gasteiger partial charge in [-0.15, -0.1) is 0 Å². The lowest BCUT2D eigenvalue weighted by molar-refractivity contribution is -0.385. The van der Waals surface area contributed by atoms with Crippen LogP contribution >= 0.6 is 0 Å². The Morgan fingerprint density at radius 2 is 1.93 bits per heavy atom. The molecule has 2 aromatic rings. The minimum Gasteiger partial charge on any atom is -0.477 e. The van der Waals surface area contributed by atoms with Crippen molar-refractivity contribution in [1.82, 2.24) is 0 Å². The summed E-state index contributed by atoms with van der Waals surface area (Å²) in [5.41, 5.74) is 1.21. The van der Waals surface area contributed by atoms with Crippen molar-refractivity contribution in [3.63, 3.8) is 0 Å². The van der Waals surface area contributed by atoms with Crippen LogP contribution in [-0.2, 0) is 4.79 Å². The fourth-order valence-electron chi connectivity index (χ4n) is 2.68. The zero-order valence-corrected chi connectivity index (χ0v) is 15.4. The first-order chi connectivity index (χ1) is 12.8. The van der Waals surface area contributed by atoms with E-state index in [1.807, 2.05) is 12.1 Å². The number of anilines is 2. The lowest BCUT2D eigenvalue weighted by atomic mass is 10.2. The van der Waals surface area contributed by atoms with Crippen LogP contribution in [0.3, 0.4) is 0 Å². The topological polar surface area (TPSA) is 84.7 Å². The van der Waals surface area contributed by atoms with E-state index in [1.54, 1.807) is 12.1 Å². The Hall–Kier alpha value is -3.16. The summed E-state index contributed by atoms with van der Waals surface area (Å²) in [5, 5.41) is 13.6. The van der Waals surface area contributed by atoms with Gasteiger partial charge in [-0.3, -0.25) is 14.9 Å². The normalized spacial score (nSPS) is 10.6. The number of halogens is 1. The summed E-state index contributed by atoms with van der Waals surface area (Å²) in [5.74, 6) is -1.48. The zero-order valence-electron chi connectivity index (χ0n) is 15.4. The summed E-state index contributed by atoms with van der Waals surface area (Å²) in [7, 11) is 0. The molecule has 0 fully saturated rings. The Kier molecular flexibility index (Phi) is 6.70. The van der Waals surface area contributed by atoms with Crippen molar-refractivity contribution in [2.24, 2.45) is 0 Å². The van der Waals surface area contributed by atoms with Crippen LogP contribution in [0.15, 0.2) is 42.5 Å². The summed E-state index contributed by atoms with van der Waals surface area (Å²) >= 11 is 0. The fraction of sp³-hybridized carbons (Fsp3) is 0.316. The third-order valence-corrected chi connectivity index (χ3v) is 3.92. The molecule has 0 aliphatic carbocycles. The van der Waals surface area contributed by atoms with Gasteiger partial charge in [0, 0.05) is 36.1 Å². The minimum absolute atomic E-state index is 0.291. The maximum absolute atomic E-state index is 13.3. The molecule has 2 rings (SSSR count). The van der Waals surface area contributed by atoms with Gasteiger partial charge in [0.15, 0.2) is 6.61 Å². The molecule has 0 aliphatic rings. The lowest BCUT2D eigenvalue weighted by Crippen LogP contribution is -2.30. The molecule has 0 heterocycles. The Morgan fingerprint density at radius 3 is 2.48 bits per heavy atom. The van der Waals surface area contributed by atoms with Gasteiger partial charge >= 0.3 is 5.69 Å². The van der Waals surface area contributed by atoms with Gasteiger partial charge in [0.2, 0.25) is 5.75 Å². The van der Waals surface area contributed by atoms with Gasteiger partial charge in [-0.2, -0.15) is 0 Å². The number of nitrogens with zero attached hydrogens (tertiary/aromatic N) is 2. The second kappa shape index (κ2) is 8.98. The molecule has 0 bridgehead atoms. The van der Waals surface area contributed by atoms with Crippen molar-refractivity contribution in [2.75, 3.05) is 23.4 Å². The number of carbonyl (C=O) groups is 1. The highest BCUT2D eigenvalue weighted by Crippen LogP contribution is 2.27. The molecule has 0 unspecified atom stereocenters. The highest BCUT2D eigenvalue weighted by Gasteiger charge is 2.17. The number of ether oxygens (including phenoxy) is 1. The number of nitrogens with one attached hydrogen (secondary N) is 1. The number of hydrogen-bond donors (Lipinski definition) is 1. The molecule has 0 aliphatic heterocycles. The molecule has 0 radical (unpaired) electrons. The predicted octanol–water partition coefficient (Wildman–Crippen LogP) is 3.99. The molecule has 144 valence electrons. The van der Waals surface area contributed by atoms with Gasteiger partial charge < -0.3 is 15.0 Å². The van der Waals surface area contributed by atoms with Crippen LogP contribution in [0.2, 0.25) is 0 Å². The van der Waals surface area contributed by atoms with Gasteiger partial charge in [0.1, 0.15) is 5.82 Å². The highest BCUT2D eigenvalue weighted by atomic mass is 19.1. The predicted molar refractivity (Wildman–Crippen MR) is 102 cm³/mol. The van der Waals surface area contributed by atoms with Crippen LogP contribution in [0.25, 0.3) is 0 Å². The zero-order chi connectivity index (χ0) is 20.0. The lowest BCUT2D eigenvalue weighted by Gasteiger charge is -2.27. The van der Waals surface area contributed by atoms with Crippen molar-refractivity contribution in [2.45, 2.75) is 26.8 Å². The molecular formula is C19H22FN3O4. The number of carbonyl (C=O) groups excluding carboxylic acids is 1. The van der Waals surface area contributed by atoms with Crippen LogP contribution in [0.5, 0.6) is 5.75 Å². The van der Waals surface area contributed by atoms with Crippen molar-refractivity contribution < 1.29 is 18.8 Å². The van der Waals surface area contributed by atoms with Gasteiger partial charge in [-0.25, -0.2) is 4.39 Å².